The second kappa shape index (κ2) is 8.90. The molecule has 5 rings (SSSR count). The third kappa shape index (κ3) is 4.44. The van der Waals surface area contributed by atoms with Crippen LogP contribution in [0.2, 0.25) is 0 Å². The first-order valence-corrected chi connectivity index (χ1v) is 10.5. The van der Waals surface area contributed by atoms with Gasteiger partial charge in [0.25, 0.3) is 0 Å². The fourth-order valence-corrected chi connectivity index (χ4v) is 3.47. The summed E-state index contributed by atoms with van der Waals surface area (Å²) in [6, 6.07) is 31.9. The number of nitrogens with zero attached hydrogens (tertiary/aromatic N) is 2. The Hall–Kier alpha value is -4.18. The van der Waals surface area contributed by atoms with E-state index in [0.29, 0.717) is 12.5 Å². The summed E-state index contributed by atoms with van der Waals surface area (Å²) in [4.78, 5) is 9.28. The van der Waals surface area contributed by atoms with Crippen molar-refractivity contribution in [2.45, 2.75) is 13.5 Å². The molecule has 4 aromatic carbocycles. The minimum Gasteiger partial charge on any atom is -0.489 e. The molecule has 0 radical (unpaired) electrons. The highest BCUT2D eigenvalue weighted by molar-refractivity contribution is 5.83. The third-order valence-corrected chi connectivity index (χ3v) is 5.20. The molecule has 0 aliphatic heterocycles. The minimum atomic E-state index is 0.552. The van der Waals surface area contributed by atoms with Crippen molar-refractivity contribution in [3.8, 4) is 17.2 Å². The van der Waals surface area contributed by atoms with Crippen LogP contribution in [0.4, 0.5) is 5.69 Å². The summed E-state index contributed by atoms with van der Waals surface area (Å²) in [7, 11) is 0. The van der Waals surface area contributed by atoms with Crippen LogP contribution in [0.3, 0.4) is 0 Å². The number of hydrogen-bond donors (Lipinski definition) is 0. The van der Waals surface area contributed by atoms with Gasteiger partial charge < -0.3 is 9.15 Å². The molecule has 0 fully saturated rings. The van der Waals surface area contributed by atoms with Gasteiger partial charge in [0, 0.05) is 11.8 Å². The number of para-hydroxylation sites is 1. The zero-order chi connectivity index (χ0) is 21.8. The maximum absolute atomic E-state index is 5.94. The fraction of sp³-hybridized carbons (Fsp3) is 0.0714. The zero-order valence-corrected chi connectivity index (χ0v) is 17.7. The number of benzene rings is 4. The van der Waals surface area contributed by atoms with Crippen LogP contribution in [0.15, 0.2) is 106 Å². The van der Waals surface area contributed by atoms with Crippen molar-refractivity contribution in [2.75, 3.05) is 0 Å². The summed E-state index contributed by atoms with van der Waals surface area (Å²) in [6.07, 6.45) is 1.84. The summed E-state index contributed by atoms with van der Waals surface area (Å²) in [5.41, 5.74) is 6.68. The van der Waals surface area contributed by atoms with E-state index in [1.165, 1.54) is 0 Å². The van der Waals surface area contributed by atoms with Crippen LogP contribution in [0.1, 0.15) is 16.7 Å². The van der Waals surface area contributed by atoms with E-state index >= 15 is 0 Å². The lowest BCUT2D eigenvalue weighted by molar-refractivity contribution is 0.306. The summed E-state index contributed by atoms with van der Waals surface area (Å²) in [5.74, 6) is 1.44. The Balaban J connectivity index is 1.28. The van der Waals surface area contributed by atoms with Crippen LogP contribution in [-0.4, -0.2) is 11.2 Å². The Morgan fingerprint density at radius 1 is 0.875 bits per heavy atom. The van der Waals surface area contributed by atoms with Crippen LogP contribution in [0.25, 0.3) is 22.6 Å². The van der Waals surface area contributed by atoms with Crippen LogP contribution >= 0.6 is 0 Å². The van der Waals surface area contributed by atoms with E-state index < -0.39 is 0 Å². The molecule has 0 aliphatic carbocycles. The molecule has 0 N–H and O–H groups in total. The lowest BCUT2D eigenvalue weighted by Crippen LogP contribution is -1.94. The Morgan fingerprint density at radius 2 is 1.69 bits per heavy atom. The monoisotopic (exact) mass is 418 g/mol. The van der Waals surface area contributed by atoms with E-state index in [1.54, 1.807) is 0 Å². The first kappa shape index (κ1) is 19.8. The van der Waals surface area contributed by atoms with Crippen LogP contribution in [0.5, 0.6) is 5.75 Å². The SMILES string of the molecule is Cc1cccc2oc(-c3cccc(N=Cc4ccc(OCc5ccccc5)cc4)c3)nc12. The predicted octanol–water partition coefficient (Wildman–Crippen LogP) is 7.13. The molecule has 0 saturated carbocycles. The van der Waals surface area contributed by atoms with E-state index in [-0.39, 0.29) is 0 Å². The molecule has 1 heterocycles. The van der Waals surface area contributed by atoms with Gasteiger partial charge in [-0.15, -0.1) is 0 Å². The number of aryl methyl sites for hydroxylation is 1. The van der Waals surface area contributed by atoms with Crippen molar-refractivity contribution in [1.29, 1.82) is 0 Å². The Morgan fingerprint density at radius 3 is 2.50 bits per heavy atom. The molecule has 0 bridgehead atoms. The van der Waals surface area contributed by atoms with Gasteiger partial charge in [0.2, 0.25) is 5.89 Å². The van der Waals surface area contributed by atoms with Gasteiger partial charge in [-0.3, -0.25) is 4.99 Å². The zero-order valence-electron chi connectivity index (χ0n) is 17.7. The summed E-state index contributed by atoms with van der Waals surface area (Å²) >= 11 is 0. The first-order chi connectivity index (χ1) is 15.7. The average molecular weight is 418 g/mol. The number of ether oxygens (including phenoxy) is 1. The summed E-state index contributed by atoms with van der Waals surface area (Å²) in [6.45, 7) is 2.59. The molecule has 4 nitrogen and oxygen atoms in total. The van der Waals surface area contributed by atoms with E-state index in [2.05, 4.69) is 22.1 Å². The first-order valence-electron chi connectivity index (χ1n) is 10.5. The van der Waals surface area contributed by atoms with Crippen LogP contribution < -0.4 is 4.74 Å². The maximum Gasteiger partial charge on any atom is 0.227 e. The van der Waals surface area contributed by atoms with Gasteiger partial charge in [-0.1, -0.05) is 48.5 Å². The Kier molecular flexibility index (Phi) is 5.50. The van der Waals surface area contributed by atoms with Gasteiger partial charge in [0.1, 0.15) is 17.9 Å². The molecular formula is C28H22N2O2. The fourth-order valence-electron chi connectivity index (χ4n) is 3.47. The average Bonchev–Trinajstić information content (AvgIpc) is 3.29. The molecule has 1 aromatic heterocycles. The largest absolute Gasteiger partial charge is 0.489 e. The highest BCUT2D eigenvalue weighted by Gasteiger charge is 2.10. The second-order valence-corrected chi connectivity index (χ2v) is 7.59. The number of aliphatic imine (C=N–C) groups is 1. The molecule has 4 heteroatoms. The van der Waals surface area contributed by atoms with Crippen LogP contribution in [-0.2, 0) is 6.61 Å². The van der Waals surface area contributed by atoms with Crippen molar-refractivity contribution in [2.24, 2.45) is 4.99 Å². The molecule has 156 valence electrons. The topological polar surface area (TPSA) is 47.6 Å². The van der Waals surface area contributed by atoms with E-state index in [0.717, 1.165) is 44.8 Å². The number of fused-ring (bicyclic) bond motifs is 1. The smallest absolute Gasteiger partial charge is 0.227 e. The molecule has 0 saturated heterocycles. The second-order valence-electron chi connectivity index (χ2n) is 7.59. The quantitative estimate of drug-likeness (QED) is 0.276. The molecule has 0 spiro atoms. The summed E-state index contributed by atoms with van der Waals surface area (Å²) < 4.78 is 11.8. The normalized spacial score (nSPS) is 11.3. The summed E-state index contributed by atoms with van der Waals surface area (Å²) in [5, 5.41) is 0. The Bertz CT molecular complexity index is 1370. The van der Waals surface area contributed by atoms with Crippen molar-refractivity contribution in [3.63, 3.8) is 0 Å². The molecule has 0 aliphatic rings. The number of hydrogen-bond acceptors (Lipinski definition) is 4. The highest BCUT2D eigenvalue weighted by Crippen LogP contribution is 2.28. The molecule has 0 unspecified atom stereocenters. The Labute approximate surface area is 186 Å². The molecular weight excluding hydrogens is 396 g/mol. The lowest BCUT2D eigenvalue weighted by atomic mass is 10.2. The molecule has 0 amide bonds. The molecule has 32 heavy (non-hydrogen) atoms. The van der Waals surface area contributed by atoms with E-state index in [4.69, 9.17) is 9.15 Å². The van der Waals surface area contributed by atoms with Crippen molar-refractivity contribution >= 4 is 23.0 Å². The van der Waals surface area contributed by atoms with Gasteiger partial charge in [-0.05, 0) is 72.1 Å². The maximum atomic E-state index is 5.94. The van der Waals surface area contributed by atoms with Crippen LogP contribution in [0, 0.1) is 6.92 Å². The number of oxazole rings is 1. The van der Waals surface area contributed by atoms with Crippen molar-refractivity contribution in [1.82, 2.24) is 4.98 Å². The highest BCUT2D eigenvalue weighted by atomic mass is 16.5. The van der Waals surface area contributed by atoms with Gasteiger partial charge >= 0.3 is 0 Å². The van der Waals surface area contributed by atoms with Gasteiger partial charge in [-0.25, -0.2) is 4.98 Å². The lowest BCUT2D eigenvalue weighted by Gasteiger charge is -2.06. The van der Waals surface area contributed by atoms with Crippen molar-refractivity contribution in [3.05, 3.63) is 114 Å². The third-order valence-electron chi connectivity index (χ3n) is 5.20. The molecule has 5 aromatic rings. The van der Waals surface area contributed by atoms with Gasteiger partial charge in [0.15, 0.2) is 5.58 Å². The van der Waals surface area contributed by atoms with E-state index in [9.17, 15) is 0 Å². The standard InChI is InChI=1S/C28H22N2O2/c1-20-7-5-12-26-27(20)30-28(32-26)23-10-6-11-24(17-23)29-18-21-13-15-25(16-14-21)31-19-22-8-3-2-4-9-22/h2-18H,19H2,1H3. The predicted molar refractivity (Wildman–Crippen MR) is 129 cm³/mol. The van der Waals surface area contributed by atoms with Gasteiger partial charge in [0.05, 0.1) is 5.69 Å². The number of aromatic nitrogens is 1. The molecule has 0 atom stereocenters. The minimum absolute atomic E-state index is 0.552. The van der Waals surface area contributed by atoms with Crippen molar-refractivity contribution < 1.29 is 9.15 Å². The van der Waals surface area contributed by atoms with Gasteiger partial charge in [-0.2, -0.15) is 0 Å². The van der Waals surface area contributed by atoms with E-state index in [1.807, 2.05) is 98.1 Å². The number of rotatable bonds is 6.